The van der Waals surface area contributed by atoms with Gasteiger partial charge >= 0.3 is 0 Å². The van der Waals surface area contributed by atoms with E-state index in [-0.39, 0.29) is 31.0 Å². The van der Waals surface area contributed by atoms with Crippen molar-refractivity contribution in [3.8, 4) is 0 Å². The van der Waals surface area contributed by atoms with Crippen LogP contribution in [0.15, 0.2) is 12.1 Å². The van der Waals surface area contributed by atoms with Gasteiger partial charge in [0.2, 0.25) is 27.7 Å². The predicted octanol–water partition coefficient (Wildman–Crippen LogP) is -0.0907. The summed E-state index contributed by atoms with van der Waals surface area (Å²) < 4.78 is 32.8. The van der Waals surface area contributed by atoms with Gasteiger partial charge in [-0.05, 0) is 31.9 Å². The fourth-order valence-corrected chi connectivity index (χ4v) is 6.74. The monoisotopic (exact) mass is 506 g/mol. The molecule has 1 aromatic heterocycles. The lowest BCUT2D eigenvalue weighted by Crippen LogP contribution is -2.54. The second-order valence-corrected chi connectivity index (χ2v) is 11.6. The van der Waals surface area contributed by atoms with Crippen molar-refractivity contribution in [3.05, 3.63) is 21.3 Å². The van der Waals surface area contributed by atoms with Crippen molar-refractivity contribution >= 4 is 50.7 Å². The number of ether oxygens (including phenoxy) is 1. The number of primary amides is 1. The molecule has 0 radical (unpaired) electrons. The normalized spacial score (nSPS) is 20.7. The number of nitrogens with zero attached hydrogens (tertiary/aromatic N) is 3. The first-order chi connectivity index (χ1) is 15.1. The standard InChI is InChI=1S/C19H27ClN4O6S2/c1-13(18(26)22-7-9-30-10-8-22)23-6-4-15(19(23)27)24(12-17(21)25)32(28,29)11-5-14-2-3-16(20)31-14/h2-3,13,15H,4-12H2,1H3,(H2,21,25)/t13-,15-/m0/s1. The number of hydrogen-bond donors (Lipinski definition) is 1. The molecule has 3 heterocycles. The first-order valence-corrected chi connectivity index (χ1v) is 13.1. The topological polar surface area (TPSA) is 130 Å². The van der Waals surface area contributed by atoms with E-state index in [0.29, 0.717) is 30.6 Å². The van der Waals surface area contributed by atoms with Crippen LogP contribution in [-0.2, 0) is 35.6 Å². The molecule has 2 aliphatic heterocycles. The Morgan fingerprint density at radius 3 is 2.59 bits per heavy atom. The molecule has 0 bridgehead atoms. The van der Waals surface area contributed by atoms with Crippen LogP contribution in [0.1, 0.15) is 18.2 Å². The molecule has 2 N–H and O–H groups in total. The highest BCUT2D eigenvalue weighted by atomic mass is 35.5. The lowest BCUT2D eigenvalue weighted by Gasteiger charge is -2.33. The fraction of sp³-hybridized carbons (Fsp3) is 0.632. The molecule has 0 saturated carbocycles. The molecular formula is C19H27ClN4O6S2. The average molecular weight is 507 g/mol. The quantitative estimate of drug-likeness (QED) is 0.498. The van der Waals surface area contributed by atoms with Gasteiger partial charge in [-0.3, -0.25) is 14.4 Å². The molecular weight excluding hydrogens is 480 g/mol. The fourth-order valence-electron chi connectivity index (χ4n) is 3.91. The lowest BCUT2D eigenvalue weighted by molar-refractivity contribution is -0.146. The van der Waals surface area contributed by atoms with Crippen LogP contribution in [-0.4, -0.2) is 97.5 Å². The average Bonchev–Trinajstić information content (AvgIpc) is 3.35. The van der Waals surface area contributed by atoms with E-state index in [1.807, 2.05) is 0 Å². The number of aryl methyl sites for hydroxylation is 1. The molecule has 13 heteroatoms. The summed E-state index contributed by atoms with van der Waals surface area (Å²) in [7, 11) is -3.98. The Morgan fingerprint density at radius 2 is 2.00 bits per heavy atom. The number of morpholine rings is 1. The van der Waals surface area contributed by atoms with Gasteiger partial charge in [-0.25, -0.2) is 8.42 Å². The molecule has 0 aliphatic carbocycles. The molecule has 2 fully saturated rings. The maximum atomic E-state index is 13.1. The highest BCUT2D eigenvalue weighted by molar-refractivity contribution is 7.89. The Hall–Kier alpha value is -1.73. The number of halogens is 1. The Kier molecular flexibility index (Phi) is 8.15. The zero-order valence-corrected chi connectivity index (χ0v) is 20.1. The molecule has 32 heavy (non-hydrogen) atoms. The molecule has 0 spiro atoms. The minimum Gasteiger partial charge on any atom is -0.378 e. The second kappa shape index (κ2) is 10.5. The lowest BCUT2D eigenvalue weighted by atomic mass is 10.2. The highest BCUT2D eigenvalue weighted by Gasteiger charge is 2.44. The van der Waals surface area contributed by atoms with E-state index in [4.69, 9.17) is 22.1 Å². The smallest absolute Gasteiger partial charge is 0.245 e. The summed E-state index contributed by atoms with van der Waals surface area (Å²) in [5, 5.41) is 0. The third-order valence-electron chi connectivity index (χ3n) is 5.61. The van der Waals surface area contributed by atoms with E-state index in [2.05, 4.69) is 0 Å². The summed E-state index contributed by atoms with van der Waals surface area (Å²) in [6, 6.07) is 1.61. The van der Waals surface area contributed by atoms with E-state index < -0.39 is 40.5 Å². The largest absolute Gasteiger partial charge is 0.378 e. The molecule has 3 rings (SSSR count). The number of carbonyl (C=O) groups is 3. The number of nitrogens with two attached hydrogens (primary N) is 1. The summed E-state index contributed by atoms with van der Waals surface area (Å²) in [6.07, 6.45) is 0.377. The summed E-state index contributed by atoms with van der Waals surface area (Å²) in [4.78, 5) is 41.4. The molecule has 3 amide bonds. The Bertz CT molecular complexity index is 963. The first-order valence-electron chi connectivity index (χ1n) is 10.3. The van der Waals surface area contributed by atoms with Gasteiger partial charge in [-0.1, -0.05) is 11.6 Å². The SMILES string of the molecule is C[C@@H](C(=O)N1CCOCC1)N1CC[C@H](N(CC(N)=O)S(=O)(=O)CCc2ccc(Cl)s2)C1=O. The van der Waals surface area contributed by atoms with Crippen molar-refractivity contribution in [1.82, 2.24) is 14.1 Å². The summed E-state index contributed by atoms with van der Waals surface area (Å²) in [6.45, 7) is 3.03. The number of thiophene rings is 1. The molecule has 2 atom stereocenters. The minimum atomic E-state index is -3.98. The van der Waals surface area contributed by atoms with Gasteiger partial charge in [0.25, 0.3) is 0 Å². The van der Waals surface area contributed by atoms with Crippen LogP contribution < -0.4 is 5.73 Å². The van der Waals surface area contributed by atoms with Gasteiger partial charge in [0.05, 0.1) is 29.8 Å². The van der Waals surface area contributed by atoms with Crippen molar-refractivity contribution in [1.29, 1.82) is 0 Å². The number of amides is 3. The number of likely N-dealkylation sites (tertiary alicyclic amines) is 1. The second-order valence-electron chi connectivity index (χ2n) is 7.73. The van der Waals surface area contributed by atoms with E-state index in [1.54, 1.807) is 24.0 Å². The van der Waals surface area contributed by atoms with Gasteiger partial charge in [0.1, 0.15) is 12.1 Å². The van der Waals surface area contributed by atoms with Crippen LogP contribution in [0.25, 0.3) is 0 Å². The highest BCUT2D eigenvalue weighted by Crippen LogP contribution is 2.25. The zero-order valence-electron chi connectivity index (χ0n) is 17.7. The van der Waals surface area contributed by atoms with Crippen LogP contribution in [0.3, 0.4) is 0 Å². The minimum absolute atomic E-state index is 0.177. The maximum Gasteiger partial charge on any atom is 0.245 e. The van der Waals surface area contributed by atoms with E-state index in [0.717, 1.165) is 9.18 Å². The van der Waals surface area contributed by atoms with E-state index in [1.165, 1.54) is 16.2 Å². The summed E-state index contributed by atoms with van der Waals surface area (Å²) in [5.74, 6) is -1.84. The summed E-state index contributed by atoms with van der Waals surface area (Å²) in [5.41, 5.74) is 5.30. The number of carbonyl (C=O) groups excluding carboxylic acids is 3. The predicted molar refractivity (Wildman–Crippen MR) is 120 cm³/mol. The van der Waals surface area contributed by atoms with Crippen LogP contribution in [0.5, 0.6) is 0 Å². The molecule has 1 aromatic rings. The van der Waals surface area contributed by atoms with Crippen molar-refractivity contribution in [3.63, 3.8) is 0 Å². The van der Waals surface area contributed by atoms with Crippen molar-refractivity contribution in [2.24, 2.45) is 5.73 Å². The zero-order chi connectivity index (χ0) is 23.5. The molecule has 2 aliphatic rings. The van der Waals surface area contributed by atoms with Gasteiger partial charge in [0, 0.05) is 24.5 Å². The molecule has 2 saturated heterocycles. The van der Waals surface area contributed by atoms with Gasteiger partial charge < -0.3 is 20.3 Å². The third-order valence-corrected chi connectivity index (χ3v) is 8.72. The number of sulfonamides is 1. The van der Waals surface area contributed by atoms with Crippen molar-refractivity contribution in [2.45, 2.75) is 31.8 Å². The molecule has 178 valence electrons. The maximum absolute atomic E-state index is 13.1. The summed E-state index contributed by atoms with van der Waals surface area (Å²) >= 11 is 7.17. The first kappa shape index (κ1) is 24.9. The van der Waals surface area contributed by atoms with Crippen LogP contribution >= 0.6 is 22.9 Å². The van der Waals surface area contributed by atoms with E-state index in [9.17, 15) is 22.8 Å². The Morgan fingerprint density at radius 1 is 1.31 bits per heavy atom. The number of rotatable bonds is 9. The van der Waals surface area contributed by atoms with Gasteiger partial charge in [-0.15, -0.1) is 11.3 Å². The Balaban J connectivity index is 1.72. The van der Waals surface area contributed by atoms with Gasteiger partial charge in [-0.2, -0.15) is 4.31 Å². The molecule has 10 nitrogen and oxygen atoms in total. The third kappa shape index (κ3) is 5.79. The van der Waals surface area contributed by atoms with Crippen molar-refractivity contribution in [2.75, 3.05) is 45.1 Å². The Labute approximate surface area is 196 Å². The number of hydrogen-bond acceptors (Lipinski definition) is 7. The van der Waals surface area contributed by atoms with Crippen molar-refractivity contribution < 1.29 is 27.5 Å². The van der Waals surface area contributed by atoms with Crippen LogP contribution in [0, 0.1) is 0 Å². The molecule has 0 aromatic carbocycles. The van der Waals surface area contributed by atoms with E-state index >= 15 is 0 Å². The van der Waals surface area contributed by atoms with Gasteiger partial charge in [0.15, 0.2) is 0 Å². The van der Waals surface area contributed by atoms with Crippen LogP contribution in [0.4, 0.5) is 0 Å². The van der Waals surface area contributed by atoms with Crippen LogP contribution in [0.2, 0.25) is 4.34 Å². The molecule has 0 unspecified atom stereocenters.